The Labute approximate surface area is 158 Å². The van der Waals surface area contributed by atoms with Gasteiger partial charge >= 0.3 is 0 Å². The molecule has 3 heterocycles. The highest BCUT2D eigenvalue weighted by Gasteiger charge is 2.31. The molecule has 0 saturated carbocycles. The van der Waals surface area contributed by atoms with Gasteiger partial charge in [-0.05, 0) is 43.2 Å². The Hall–Kier alpha value is -3.06. The van der Waals surface area contributed by atoms with Crippen molar-refractivity contribution < 1.29 is 4.79 Å². The first-order valence-electron chi connectivity index (χ1n) is 9.06. The van der Waals surface area contributed by atoms with Crippen molar-refractivity contribution in [3.05, 3.63) is 71.3 Å². The van der Waals surface area contributed by atoms with Gasteiger partial charge in [-0.2, -0.15) is 0 Å². The predicted octanol–water partition coefficient (Wildman–Crippen LogP) is 2.07. The van der Waals surface area contributed by atoms with Crippen LogP contribution in [0.2, 0.25) is 0 Å². The fraction of sp³-hybridized carbons (Fsp3) is 0.300. The lowest BCUT2D eigenvalue weighted by Gasteiger charge is -2.36. The second-order valence-electron chi connectivity index (χ2n) is 6.78. The fourth-order valence-corrected chi connectivity index (χ4v) is 3.49. The molecule has 2 aromatic heterocycles. The van der Waals surface area contributed by atoms with Crippen LogP contribution in [0.25, 0.3) is 5.69 Å². The Morgan fingerprint density at radius 2 is 2.11 bits per heavy atom. The highest BCUT2D eigenvalue weighted by Crippen LogP contribution is 2.24. The van der Waals surface area contributed by atoms with E-state index < -0.39 is 0 Å². The van der Waals surface area contributed by atoms with Gasteiger partial charge in [0, 0.05) is 32.0 Å². The molecule has 3 aromatic rings. The molecule has 1 aromatic carbocycles. The van der Waals surface area contributed by atoms with Crippen LogP contribution in [0, 0.1) is 13.8 Å². The second-order valence-corrected chi connectivity index (χ2v) is 6.78. The predicted molar refractivity (Wildman–Crippen MR) is 102 cm³/mol. The van der Waals surface area contributed by atoms with Gasteiger partial charge in [0.05, 0.1) is 17.4 Å². The first-order valence-corrected chi connectivity index (χ1v) is 9.06. The molecular formula is C20H22N6O. The van der Waals surface area contributed by atoms with Gasteiger partial charge in [-0.1, -0.05) is 23.4 Å². The summed E-state index contributed by atoms with van der Waals surface area (Å²) in [6.45, 7) is 5.99. The number of nitrogens with one attached hydrogen (secondary N) is 1. The molecule has 1 fully saturated rings. The normalized spacial score (nSPS) is 17.1. The van der Waals surface area contributed by atoms with E-state index in [9.17, 15) is 4.79 Å². The van der Waals surface area contributed by atoms with Crippen molar-refractivity contribution in [1.82, 2.24) is 30.2 Å². The maximum Gasteiger partial charge on any atom is 0.276 e. The summed E-state index contributed by atoms with van der Waals surface area (Å²) < 4.78 is 1.72. The van der Waals surface area contributed by atoms with Gasteiger partial charge in [0.25, 0.3) is 5.91 Å². The number of hydrogen-bond acceptors (Lipinski definition) is 5. The average molecular weight is 362 g/mol. The van der Waals surface area contributed by atoms with E-state index in [0.717, 1.165) is 29.1 Å². The van der Waals surface area contributed by atoms with Crippen LogP contribution in [0.15, 0.2) is 48.8 Å². The second kappa shape index (κ2) is 7.28. The molecule has 1 N–H and O–H groups in total. The largest absolute Gasteiger partial charge is 0.328 e. The Kier molecular flexibility index (Phi) is 4.68. The summed E-state index contributed by atoms with van der Waals surface area (Å²) in [6, 6.07) is 11.8. The molecule has 4 rings (SSSR count). The summed E-state index contributed by atoms with van der Waals surface area (Å²) in [5.41, 5.74) is 4.19. The van der Waals surface area contributed by atoms with Crippen LogP contribution in [0.1, 0.15) is 33.4 Å². The summed E-state index contributed by atoms with van der Waals surface area (Å²) in [5.74, 6) is -0.0956. The molecule has 0 spiro atoms. The van der Waals surface area contributed by atoms with E-state index in [4.69, 9.17) is 0 Å². The maximum absolute atomic E-state index is 13.3. The lowest BCUT2D eigenvalue weighted by Crippen LogP contribution is -2.49. The SMILES string of the molecule is Cc1cccc(-n2nnc(C(=O)N3CCNCC3c3cccnc3)c2C)c1. The Morgan fingerprint density at radius 3 is 2.89 bits per heavy atom. The van der Waals surface area contributed by atoms with E-state index >= 15 is 0 Å². The van der Waals surface area contributed by atoms with Crippen LogP contribution in [0.5, 0.6) is 0 Å². The number of nitrogens with zero attached hydrogens (tertiary/aromatic N) is 5. The van der Waals surface area contributed by atoms with Crippen LogP contribution >= 0.6 is 0 Å². The molecule has 1 aliphatic heterocycles. The number of amides is 1. The van der Waals surface area contributed by atoms with E-state index in [1.54, 1.807) is 10.9 Å². The van der Waals surface area contributed by atoms with Crippen molar-refractivity contribution in [2.75, 3.05) is 19.6 Å². The van der Waals surface area contributed by atoms with E-state index in [1.807, 2.05) is 61.3 Å². The number of hydrogen-bond donors (Lipinski definition) is 1. The van der Waals surface area contributed by atoms with Gasteiger partial charge in [-0.3, -0.25) is 9.78 Å². The number of rotatable bonds is 3. The Morgan fingerprint density at radius 1 is 1.22 bits per heavy atom. The molecular weight excluding hydrogens is 340 g/mol. The molecule has 0 aliphatic carbocycles. The minimum absolute atomic E-state index is 0.0662. The zero-order chi connectivity index (χ0) is 18.8. The molecule has 1 amide bonds. The maximum atomic E-state index is 13.3. The van der Waals surface area contributed by atoms with Crippen LogP contribution in [-0.4, -0.2) is 50.4 Å². The summed E-state index contributed by atoms with van der Waals surface area (Å²) >= 11 is 0. The van der Waals surface area contributed by atoms with Crippen LogP contribution in [0.3, 0.4) is 0 Å². The van der Waals surface area contributed by atoms with Crippen LogP contribution in [-0.2, 0) is 0 Å². The van der Waals surface area contributed by atoms with Crippen molar-refractivity contribution in [2.45, 2.75) is 19.9 Å². The molecule has 0 radical (unpaired) electrons. The third kappa shape index (κ3) is 3.33. The molecule has 138 valence electrons. The lowest BCUT2D eigenvalue weighted by molar-refractivity contribution is 0.0627. The summed E-state index contributed by atoms with van der Waals surface area (Å²) in [6.07, 6.45) is 3.55. The standard InChI is InChI=1S/C20H22N6O/c1-14-5-3-7-17(11-14)26-15(2)19(23-24-26)20(27)25-10-9-22-13-18(25)16-6-4-8-21-12-16/h3-8,11-12,18,22H,9-10,13H2,1-2H3. The molecule has 27 heavy (non-hydrogen) atoms. The van der Waals surface area contributed by atoms with Crippen molar-refractivity contribution in [2.24, 2.45) is 0 Å². The minimum atomic E-state index is -0.0956. The average Bonchev–Trinajstić information content (AvgIpc) is 3.09. The number of benzene rings is 1. The third-order valence-electron chi connectivity index (χ3n) is 4.92. The number of carbonyl (C=O) groups excluding carboxylic acids is 1. The molecule has 7 nitrogen and oxygen atoms in total. The monoisotopic (exact) mass is 362 g/mol. The topological polar surface area (TPSA) is 75.9 Å². The minimum Gasteiger partial charge on any atom is -0.328 e. The quantitative estimate of drug-likeness (QED) is 0.772. The number of piperazine rings is 1. The van der Waals surface area contributed by atoms with Crippen LogP contribution in [0.4, 0.5) is 0 Å². The first-order chi connectivity index (χ1) is 13.1. The fourth-order valence-electron chi connectivity index (χ4n) is 3.49. The van der Waals surface area contributed by atoms with Crippen molar-refractivity contribution >= 4 is 5.91 Å². The summed E-state index contributed by atoms with van der Waals surface area (Å²) in [5, 5.41) is 11.8. The number of aryl methyl sites for hydroxylation is 1. The van der Waals surface area contributed by atoms with Gasteiger partial charge in [0.15, 0.2) is 5.69 Å². The first kappa shape index (κ1) is 17.4. The Bertz CT molecular complexity index is 952. The smallest absolute Gasteiger partial charge is 0.276 e. The van der Waals surface area contributed by atoms with Gasteiger partial charge in [0.1, 0.15) is 0 Å². The molecule has 1 aliphatic rings. The Balaban J connectivity index is 1.66. The number of pyridine rings is 1. The zero-order valence-electron chi connectivity index (χ0n) is 15.5. The van der Waals surface area contributed by atoms with E-state index in [0.29, 0.717) is 18.8 Å². The molecule has 1 unspecified atom stereocenters. The number of carbonyl (C=O) groups is 1. The molecule has 7 heteroatoms. The molecule has 1 saturated heterocycles. The molecule has 0 bridgehead atoms. The highest BCUT2D eigenvalue weighted by atomic mass is 16.2. The van der Waals surface area contributed by atoms with Crippen molar-refractivity contribution in [1.29, 1.82) is 0 Å². The lowest BCUT2D eigenvalue weighted by atomic mass is 10.0. The zero-order valence-corrected chi connectivity index (χ0v) is 15.5. The number of aromatic nitrogens is 4. The van der Waals surface area contributed by atoms with Crippen molar-refractivity contribution in [3.8, 4) is 5.69 Å². The van der Waals surface area contributed by atoms with Gasteiger partial charge in [0.2, 0.25) is 0 Å². The third-order valence-corrected chi connectivity index (χ3v) is 4.92. The van der Waals surface area contributed by atoms with Crippen LogP contribution < -0.4 is 5.32 Å². The van der Waals surface area contributed by atoms with Gasteiger partial charge in [-0.15, -0.1) is 5.10 Å². The van der Waals surface area contributed by atoms with Crippen molar-refractivity contribution in [3.63, 3.8) is 0 Å². The van der Waals surface area contributed by atoms with Gasteiger partial charge in [-0.25, -0.2) is 4.68 Å². The summed E-state index contributed by atoms with van der Waals surface area (Å²) in [4.78, 5) is 19.3. The highest BCUT2D eigenvalue weighted by molar-refractivity contribution is 5.93. The van der Waals surface area contributed by atoms with E-state index in [1.165, 1.54) is 0 Å². The molecule has 1 atom stereocenters. The van der Waals surface area contributed by atoms with E-state index in [-0.39, 0.29) is 11.9 Å². The van der Waals surface area contributed by atoms with Gasteiger partial charge < -0.3 is 10.2 Å². The van der Waals surface area contributed by atoms with E-state index in [2.05, 4.69) is 20.6 Å². The summed E-state index contributed by atoms with van der Waals surface area (Å²) in [7, 11) is 0.